The van der Waals surface area contributed by atoms with Gasteiger partial charge in [0.05, 0.1) is 12.8 Å². The van der Waals surface area contributed by atoms with E-state index in [0.717, 1.165) is 18.5 Å². The molecule has 0 bridgehead atoms. The minimum absolute atomic E-state index is 0.0969. The molecule has 0 aromatic carbocycles. The summed E-state index contributed by atoms with van der Waals surface area (Å²) in [5.41, 5.74) is 1.70. The number of ether oxygens (including phenoxy) is 1. The van der Waals surface area contributed by atoms with E-state index in [1.54, 1.807) is 6.92 Å². The Morgan fingerprint density at radius 1 is 1.57 bits per heavy atom. The number of aliphatic hydroxyl groups excluding tert-OH is 1. The summed E-state index contributed by atoms with van der Waals surface area (Å²) in [4.78, 5) is 27.5. The van der Waals surface area contributed by atoms with Gasteiger partial charge in [0.15, 0.2) is 5.65 Å². The molecule has 0 unspecified atom stereocenters. The highest BCUT2D eigenvalue weighted by Gasteiger charge is 2.30. The fraction of sp³-hybridized carbons (Fsp3) is 0.500. The second-order valence-corrected chi connectivity index (χ2v) is 5.11. The molecule has 21 heavy (non-hydrogen) atoms. The third kappa shape index (κ3) is 2.33. The Labute approximate surface area is 120 Å². The lowest BCUT2D eigenvalue weighted by molar-refractivity contribution is 0.0528. The van der Waals surface area contributed by atoms with Crippen LogP contribution in [-0.4, -0.2) is 38.9 Å². The van der Waals surface area contributed by atoms with Crippen molar-refractivity contribution in [3.05, 3.63) is 33.4 Å². The minimum Gasteiger partial charge on any atom is -0.462 e. The molecule has 1 saturated carbocycles. The van der Waals surface area contributed by atoms with Gasteiger partial charge in [-0.1, -0.05) is 0 Å². The van der Waals surface area contributed by atoms with E-state index in [-0.39, 0.29) is 30.8 Å². The molecule has 1 aliphatic rings. The van der Waals surface area contributed by atoms with Crippen LogP contribution in [0.15, 0.2) is 11.0 Å². The molecule has 7 nitrogen and oxygen atoms in total. The molecule has 1 aliphatic carbocycles. The molecule has 112 valence electrons. The average molecular weight is 291 g/mol. The van der Waals surface area contributed by atoms with Crippen LogP contribution in [0.2, 0.25) is 0 Å². The standard InChI is InChI=1S/C14H17N3O4/c1-2-21-14(20)10-7-15-17-12(10)16-11(8-3-4-8)9(5-6-18)13(17)19/h7-8,16,18H,2-6H2,1H3. The highest BCUT2D eigenvalue weighted by atomic mass is 16.5. The van der Waals surface area contributed by atoms with E-state index in [2.05, 4.69) is 10.1 Å². The predicted octanol–water partition coefficient (Wildman–Crippen LogP) is 0.611. The van der Waals surface area contributed by atoms with Crippen molar-refractivity contribution in [1.29, 1.82) is 0 Å². The SMILES string of the molecule is CCOC(=O)c1cnn2c(=O)c(CCO)c(C3CC3)[nH]c12. The van der Waals surface area contributed by atoms with E-state index < -0.39 is 5.97 Å². The maximum Gasteiger partial charge on any atom is 0.343 e. The topological polar surface area (TPSA) is 96.7 Å². The molecule has 2 aromatic heterocycles. The highest BCUT2D eigenvalue weighted by Crippen LogP contribution is 2.40. The van der Waals surface area contributed by atoms with E-state index in [1.165, 1.54) is 10.7 Å². The van der Waals surface area contributed by atoms with Crippen LogP contribution in [0, 0.1) is 0 Å². The van der Waals surface area contributed by atoms with Crippen LogP contribution in [-0.2, 0) is 11.2 Å². The van der Waals surface area contributed by atoms with Gasteiger partial charge < -0.3 is 14.8 Å². The number of aromatic amines is 1. The average Bonchev–Trinajstić information content (AvgIpc) is 3.21. The first-order valence-corrected chi connectivity index (χ1v) is 7.08. The lowest BCUT2D eigenvalue weighted by atomic mass is 10.1. The Kier molecular flexibility index (Phi) is 3.50. The Hall–Kier alpha value is -2.15. The second-order valence-electron chi connectivity index (χ2n) is 5.11. The van der Waals surface area contributed by atoms with E-state index in [1.807, 2.05) is 0 Å². The van der Waals surface area contributed by atoms with Gasteiger partial charge in [-0.05, 0) is 25.7 Å². The summed E-state index contributed by atoms with van der Waals surface area (Å²) in [5, 5.41) is 13.1. The Bertz CT molecular complexity index is 742. The van der Waals surface area contributed by atoms with Crippen molar-refractivity contribution < 1.29 is 14.6 Å². The van der Waals surface area contributed by atoms with Crippen molar-refractivity contribution in [2.24, 2.45) is 0 Å². The summed E-state index contributed by atoms with van der Waals surface area (Å²) in [6, 6.07) is 0. The van der Waals surface area contributed by atoms with Crippen molar-refractivity contribution in [1.82, 2.24) is 14.6 Å². The number of H-pyrrole nitrogens is 1. The van der Waals surface area contributed by atoms with E-state index in [0.29, 0.717) is 17.1 Å². The molecule has 0 atom stereocenters. The number of nitrogens with zero attached hydrogens (tertiary/aromatic N) is 2. The van der Waals surface area contributed by atoms with Crippen molar-refractivity contribution in [3.63, 3.8) is 0 Å². The van der Waals surface area contributed by atoms with Crippen LogP contribution in [0.5, 0.6) is 0 Å². The molecule has 2 heterocycles. The van der Waals surface area contributed by atoms with Crippen LogP contribution in [0.25, 0.3) is 5.65 Å². The van der Waals surface area contributed by atoms with Gasteiger partial charge in [0.25, 0.3) is 5.56 Å². The zero-order valence-electron chi connectivity index (χ0n) is 11.8. The quantitative estimate of drug-likeness (QED) is 0.787. The summed E-state index contributed by atoms with van der Waals surface area (Å²) in [6.45, 7) is 1.89. The normalized spacial score (nSPS) is 14.6. The van der Waals surface area contributed by atoms with E-state index in [4.69, 9.17) is 9.84 Å². The number of fused-ring (bicyclic) bond motifs is 1. The third-order valence-corrected chi connectivity index (χ3v) is 3.64. The predicted molar refractivity (Wildman–Crippen MR) is 74.5 cm³/mol. The molecule has 1 fully saturated rings. The fourth-order valence-corrected chi connectivity index (χ4v) is 2.50. The minimum atomic E-state index is -0.500. The first-order valence-electron chi connectivity index (χ1n) is 7.08. The molecular formula is C14H17N3O4. The Morgan fingerprint density at radius 2 is 2.33 bits per heavy atom. The van der Waals surface area contributed by atoms with Gasteiger partial charge in [0, 0.05) is 24.3 Å². The molecule has 0 radical (unpaired) electrons. The van der Waals surface area contributed by atoms with E-state index in [9.17, 15) is 9.59 Å². The fourth-order valence-electron chi connectivity index (χ4n) is 2.50. The van der Waals surface area contributed by atoms with Crippen molar-refractivity contribution in [2.75, 3.05) is 13.2 Å². The van der Waals surface area contributed by atoms with Crippen LogP contribution < -0.4 is 5.56 Å². The number of nitrogens with one attached hydrogen (secondary N) is 1. The first kappa shape index (κ1) is 13.8. The number of hydrogen-bond donors (Lipinski definition) is 2. The molecule has 3 rings (SSSR count). The number of rotatable bonds is 5. The Morgan fingerprint density at radius 3 is 2.95 bits per heavy atom. The van der Waals surface area contributed by atoms with Gasteiger partial charge >= 0.3 is 5.97 Å². The summed E-state index contributed by atoms with van der Waals surface area (Å²) < 4.78 is 6.14. The van der Waals surface area contributed by atoms with Crippen LogP contribution >= 0.6 is 0 Å². The molecular weight excluding hydrogens is 274 g/mol. The largest absolute Gasteiger partial charge is 0.462 e. The monoisotopic (exact) mass is 291 g/mol. The number of carbonyl (C=O) groups excluding carboxylic acids is 1. The molecule has 2 aromatic rings. The zero-order valence-corrected chi connectivity index (χ0v) is 11.8. The Balaban J connectivity index is 2.19. The molecule has 0 amide bonds. The molecule has 0 spiro atoms. The van der Waals surface area contributed by atoms with Crippen LogP contribution in [0.1, 0.15) is 47.3 Å². The highest BCUT2D eigenvalue weighted by molar-refractivity contribution is 5.95. The lowest BCUT2D eigenvalue weighted by Gasteiger charge is -2.09. The van der Waals surface area contributed by atoms with Gasteiger partial charge in [0.1, 0.15) is 5.56 Å². The van der Waals surface area contributed by atoms with E-state index >= 15 is 0 Å². The number of aliphatic hydroxyl groups is 1. The lowest BCUT2D eigenvalue weighted by Crippen LogP contribution is -2.24. The van der Waals surface area contributed by atoms with Gasteiger partial charge in [-0.15, -0.1) is 0 Å². The molecule has 2 N–H and O–H groups in total. The zero-order chi connectivity index (χ0) is 15.0. The van der Waals surface area contributed by atoms with Crippen molar-refractivity contribution in [2.45, 2.75) is 32.1 Å². The first-order chi connectivity index (χ1) is 10.2. The summed E-state index contributed by atoms with van der Waals surface area (Å²) in [6.07, 6.45) is 3.64. The summed E-state index contributed by atoms with van der Waals surface area (Å²) in [7, 11) is 0. The summed E-state index contributed by atoms with van der Waals surface area (Å²) in [5.74, 6) is -0.200. The smallest absolute Gasteiger partial charge is 0.343 e. The number of aromatic nitrogens is 3. The second kappa shape index (κ2) is 5.33. The number of hydrogen-bond acceptors (Lipinski definition) is 5. The molecule has 0 aliphatic heterocycles. The van der Waals surface area contributed by atoms with Crippen LogP contribution in [0.3, 0.4) is 0 Å². The van der Waals surface area contributed by atoms with Gasteiger partial charge in [-0.2, -0.15) is 9.61 Å². The molecule has 7 heteroatoms. The third-order valence-electron chi connectivity index (χ3n) is 3.64. The van der Waals surface area contributed by atoms with Gasteiger partial charge in [-0.3, -0.25) is 4.79 Å². The van der Waals surface area contributed by atoms with Gasteiger partial charge in [0.2, 0.25) is 0 Å². The van der Waals surface area contributed by atoms with Crippen molar-refractivity contribution in [3.8, 4) is 0 Å². The molecule has 0 saturated heterocycles. The maximum atomic E-state index is 12.5. The maximum absolute atomic E-state index is 12.5. The van der Waals surface area contributed by atoms with Crippen LogP contribution in [0.4, 0.5) is 0 Å². The van der Waals surface area contributed by atoms with Gasteiger partial charge in [-0.25, -0.2) is 4.79 Å². The van der Waals surface area contributed by atoms with Crippen molar-refractivity contribution >= 4 is 11.6 Å². The number of esters is 1. The number of carbonyl (C=O) groups is 1. The summed E-state index contributed by atoms with van der Waals surface area (Å²) >= 11 is 0.